The highest BCUT2D eigenvalue weighted by molar-refractivity contribution is 5.63. The van der Waals surface area contributed by atoms with E-state index in [1.54, 1.807) is 0 Å². The summed E-state index contributed by atoms with van der Waals surface area (Å²) in [5.41, 5.74) is 4.32. The fraction of sp³-hybridized carbons (Fsp3) is 0.400. The number of rotatable bonds is 4. The maximum absolute atomic E-state index is 11.9. The fourth-order valence-electron chi connectivity index (χ4n) is 2.28. The van der Waals surface area contributed by atoms with Gasteiger partial charge in [0.15, 0.2) is 0 Å². The highest BCUT2D eigenvalue weighted by Gasteiger charge is 2.14. The minimum absolute atomic E-state index is 0.0431. The summed E-state index contributed by atoms with van der Waals surface area (Å²) in [7, 11) is 0. The summed E-state index contributed by atoms with van der Waals surface area (Å²) >= 11 is 0. The van der Waals surface area contributed by atoms with Crippen LogP contribution in [0.2, 0.25) is 0 Å². The lowest BCUT2D eigenvalue weighted by atomic mass is 10.0. The van der Waals surface area contributed by atoms with Crippen molar-refractivity contribution in [3.8, 4) is 11.3 Å². The Balaban J connectivity index is 2.59. The maximum atomic E-state index is 11.9. The zero-order chi connectivity index (χ0) is 13.1. The first kappa shape index (κ1) is 12.7. The molecule has 0 saturated heterocycles. The molecule has 0 bridgehead atoms. The smallest absolute Gasteiger partial charge is 0.267 e. The quantitative estimate of drug-likeness (QED) is 0.881. The normalized spacial score (nSPS) is 10.8. The first-order chi connectivity index (χ1) is 8.67. The molecule has 18 heavy (non-hydrogen) atoms. The van der Waals surface area contributed by atoms with E-state index < -0.39 is 0 Å². The molecule has 0 unspecified atom stereocenters. The summed E-state index contributed by atoms with van der Waals surface area (Å²) in [6, 6.07) is 8.34. The van der Waals surface area contributed by atoms with Gasteiger partial charge in [-0.15, -0.1) is 0 Å². The Kier molecular flexibility index (Phi) is 3.70. The van der Waals surface area contributed by atoms with Gasteiger partial charge in [-0.2, -0.15) is 0 Å². The van der Waals surface area contributed by atoms with Crippen molar-refractivity contribution in [2.24, 2.45) is 0 Å². The largest absolute Gasteiger partial charge is 0.284 e. The van der Waals surface area contributed by atoms with Crippen LogP contribution in [-0.2, 0) is 13.0 Å². The molecule has 1 aromatic carbocycles. The van der Waals surface area contributed by atoms with Gasteiger partial charge in [0.2, 0.25) is 0 Å². The van der Waals surface area contributed by atoms with Crippen LogP contribution in [0.15, 0.2) is 29.1 Å². The van der Waals surface area contributed by atoms with Gasteiger partial charge in [-0.1, -0.05) is 43.7 Å². The van der Waals surface area contributed by atoms with Crippen molar-refractivity contribution in [3.05, 3.63) is 45.7 Å². The lowest BCUT2D eigenvalue weighted by Gasteiger charge is -2.09. The summed E-state index contributed by atoms with van der Waals surface area (Å²) in [4.78, 5) is 11.9. The van der Waals surface area contributed by atoms with Gasteiger partial charge in [-0.25, -0.2) is 0 Å². The molecule has 2 rings (SSSR count). The van der Waals surface area contributed by atoms with E-state index in [9.17, 15) is 4.79 Å². The molecule has 0 spiro atoms. The second-order valence-electron chi connectivity index (χ2n) is 4.64. The van der Waals surface area contributed by atoms with Gasteiger partial charge in [-0.05, 0) is 19.8 Å². The maximum Gasteiger partial charge on any atom is 0.267 e. The number of nitrogens with one attached hydrogen (secondary N) is 1. The van der Waals surface area contributed by atoms with Crippen LogP contribution >= 0.6 is 0 Å². The van der Waals surface area contributed by atoms with E-state index in [2.05, 4.69) is 43.2 Å². The molecule has 0 amide bonds. The second kappa shape index (κ2) is 5.25. The number of aryl methyl sites for hydroxylation is 2. The molecular formula is C15H20N2O. The van der Waals surface area contributed by atoms with Crippen LogP contribution in [0.5, 0.6) is 0 Å². The van der Waals surface area contributed by atoms with Crippen molar-refractivity contribution in [1.82, 2.24) is 9.78 Å². The Morgan fingerprint density at radius 1 is 1.17 bits per heavy atom. The van der Waals surface area contributed by atoms with Gasteiger partial charge in [0, 0.05) is 17.7 Å². The summed E-state index contributed by atoms with van der Waals surface area (Å²) in [6.07, 6.45) is 1.77. The van der Waals surface area contributed by atoms with Gasteiger partial charge in [-0.3, -0.25) is 14.6 Å². The van der Waals surface area contributed by atoms with Crippen LogP contribution < -0.4 is 5.56 Å². The van der Waals surface area contributed by atoms with Gasteiger partial charge in [0.05, 0.1) is 5.69 Å². The summed E-state index contributed by atoms with van der Waals surface area (Å²) in [5.74, 6) is 0. The molecule has 2 aromatic rings. The van der Waals surface area contributed by atoms with Crippen LogP contribution in [0.4, 0.5) is 0 Å². The van der Waals surface area contributed by atoms with Crippen molar-refractivity contribution in [2.45, 2.75) is 40.2 Å². The van der Waals surface area contributed by atoms with Crippen LogP contribution in [-0.4, -0.2) is 9.78 Å². The van der Waals surface area contributed by atoms with Crippen molar-refractivity contribution in [1.29, 1.82) is 0 Å². The van der Waals surface area contributed by atoms with E-state index in [1.807, 2.05) is 11.6 Å². The lowest BCUT2D eigenvalue weighted by molar-refractivity contribution is 0.603. The number of aromatic nitrogens is 2. The molecule has 0 atom stereocenters. The number of nitrogens with zero attached hydrogens (tertiary/aromatic N) is 1. The topological polar surface area (TPSA) is 37.8 Å². The molecule has 0 aliphatic carbocycles. The summed E-state index contributed by atoms with van der Waals surface area (Å²) in [6.45, 7) is 7.06. The number of hydrogen-bond donors (Lipinski definition) is 1. The van der Waals surface area contributed by atoms with Crippen molar-refractivity contribution >= 4 is 0 Å². The predicted octanol–water partition coefficient (Wildman–Crippen LogP) is 3.12. The molecule has 0 fully saturated rings. The van der Waals surface area contributed by atoms with Gasteiger partial charge < -0.3 is 0 Å². The monoisotopic (exact) mass is 244 g/mol. The van der Waals surface area contributed by atoms with E-state index in [0.717, 1.165) is 36.2 Å². The minimum Gasteiger partial charge on any atom is -0.284 e. The Hall–Kier alpha value is -1.77. The third kappa shape index (κ3) is 2.26. The number of aromatic amines is 1. The van der Waals surface area contributed by atoms with Gasteiger partial charge in [0.25, 0.3) is 5.56 Å². The molecule has 0 saturated carbocycles. The molecule has 0 radical (unpaired) electrons. The SMILES string of the molecule is CCCn1[nH]c(=O)c(CC)c1-c1ccc(C)cc1. The minimum atomic E-state index is 0.0431. The Morgan fingerprint density at radius 3 is 2.39 bits per heavy atom. The molecule has 1 N–H and O–H groups in total. The average Bonchev–Trinajstić information content (AvgIpc) is 2.67. The molecule has 96 valence electrons. The van der Waals surface area contributed by atoms with Crippen LogP contribution in [0, 0.1) is 6.92 Å². The van der Waals surface area contributed by atoms with E-state index in [4.69, 9.17) is 0 Å². The molecule has 1 aromatic heterocycles. The summed E-state index contributed by atoms with van der Waals surface area (Å²) in [5, 5.41) is 2.94. The number of H-pyrrole nitrogens is 1. The second-order valence-corrected chi connectivity index (χ2v) is 4.64. The number of benzene rings is 1. The van der Waals surface area contributed by atoms with E-state index >= 15 is 0 Å². The Morgan fingerprint density at radius 2 is 1.83 bits per heavy atom. The van der Waals surface area contributed by atoms with Gasteiger partial charge in [0.1, 0.15) is 0 Å². The van der Waals surface area contributed by atoms with Crippen LogP contribution in [0.3, 0.4) is 0 Å². The van der Waals surface area contributed by atoms with Gasteiger partial charge >= 0.3 is 0 Å². The highest BCUT2D eigenvalue weighted by Crippen LogP contribution is 2.22. The fourth-order valence-corrected chi connectivity index (χ4v) is 2.28. The van der Waals surface area contributed by atoms with Crippen molar-refractivity contribution in [2.75, 3.05) is 0 Å². The third-order valence-corrected chi connectivity index (χ3v) is 3.19. The first-order valence-corrected chi connectivity index (χ1v) is 6.56. The lowest BCUT2D eigenvalue weighted by Crippen LogP contribution is -2.07. The molecule has 3 heteroatoms. The zero-order valence-electron chi connectivity index (χ0n) is 11.3. The van der Waals surface area contributed by atoms with E-state index in [-0.39, 0.29) is 5.56 Å². The standard InChI is InChI=1S/C15H20N2O/c1-4-10-17-14(13(5-2)15(18)16-17)12-8-6-11(3)7-9-12/h6-9H,4-5,10H2,1-3H3,(H,16,18). The van der Waals surface area contributed by atoms with Crippen molar-refractivity contribution in [3.63, 3.8) is 0 Å². The third-order valence-electron chi connectivity index (χ3n) is 3.19. The van der Waals surface area contributed by atoms with Crippen LogP contribution in [0.1, 0.15) is 31.4 Å². The Bertz CT molecular complexity index is 576. The van der Waals surface area contributed by atoms with Crippen molar-refractivity contribution < 1.29 is 0 Å². The van der Waals surface area contributed by atoms with Crippen LogP contribution in [0.25, 0.3) is 11.3 Å². The molecule has 1 heterocycles. The van der Waals surface area contributed by atoms with E-state index in [1.165, 1.54) is 5.56 Å². The summed E-state index contributed by atoms with van der Waals surface area (Å²) < 4.78 is 1.98. The molecular weight excluding hydrogens is 224 g/mol. The molecule has 0 aliphatic rings. The van der Waals surface area contributed by atoms with E-state index in [0.29, 0.717) is 0 Å². The average molecular weight is 244 g/mol. The predicted molar refractivity (Wildman–Crippen MR) is 74.9 cm³/mol. The number of hydrogen-bond acceptors (Lipinski definition) is 1. The highest BCUT2D eigenvalue weighted by atomic mass is 16.1. The first-order valence-electron chi connectivity index (χ1n) is 6.56. The molecule has 0 aliphatic heterocycles. The Labute approximate surface area is 107 Å². The molecule has 3 nitrogen and oxygen atoms in total. The zero-order valence-corrected chi connectivity index (χ0v) is 11.3.